The van der Waals surface area contributed by atoms with Crippen LogP contribution < -0.4 is 10.1 Å². The van der Waals surface area contributed by atoms with Crippen molar-refractivity contribution in [3.05, 3.63) is 29.3 Å². The summed E-state index contributed by atoms with van der Waals surface area (Å²) in [6, 6.07) is 6.15. The molecular formula is C14H21NO3. The topological polar surface area (TPSA) is 58.6 Å². The largest absolute Gasteiger partial charge is 0.493 e. The second-order valence-corrected chi connectivity index (χ2v) is 4.36. The normalized spacial score (nSPS) is 10.3. The van der Waals surface area contributed by atoms with Gasteiger partial charge in [-0.1, -0.05) is 12.1 Å². The third-order valence-electron chi connectivity index (χ3n) is 2.61. The molecule has 0 fully saturated rings. The Morgan fingerprint density at radius 1 is 1.33 bits per heavy atom. The van der Waals surface area contributed by atoms with E-state index in [9.17, 15) is 4.79 Å². The van der Waals surface area contributed by atoms with Gasteiger partial charge in [0.1, 0.15) is 5.75 Å². The Balaban J connectivity index is 2.14. The first kappa shape index (κ1) is 14.5. The summed E-state index contributed by atoms with van der Waals surface area (Å²) in [5.74, 6) is 0.162. The SMILES string of the molecule is Cc1ccc(C)c(OCCCNCCC(=O)O)c1. The number of aryl methyl sites for hydroxylation is 2. The van der Waals surface area contributed by atoms with Crippen LogP contribution in [0.4, 0.5) is 0 Å². The maximum Gasteiger partial charge on any atom is 0.304 e. The van der Waals surface area contributed by atoms with Gasteiger partial charge in [-0.15, -0.1) is 0 Å². The highest BCUT2D eigenvalue weighted by atomic mass is 16.5. The van der Waals surface area contributed by atoms with Crippen molar-refractivity contribution in [3.63, 3.8) is 0 Å². The molecule has 100 valence electrons. The van der Waals surface area contributed by atoms with Gasteiger partial charge in [-0.25, -0.2) is 0 Å². The number of hydrogen-bond acceptors (Lipinski definition) is 3. The Hall–Kier alpha value is -1.55. The van der Waals surface area contributed by atoms with Crippen LogP contribution in [0.2, 0.25) is 0 Å². The summed E-state index contributed by atoms with van der Waals surface area (Å²) in [7, 11) is 0. The van der Waals surface area contributed by atoms with E-state index in [1.54, 1.807) is 0 Å². The fraction of sp³-hybridized carbons (Fsp3) is 0.500. The number of nitrogens with one attached hydrogen (secondary N) is 1. The zero-order valence-corrected chi connectivity index (χ0v) is 11.0. The number of ether oxygens (including phenoxy) is 1. The van der Waals surface area contributed by atoms with Gasteiger partial charge in [0.15, 0.2) is 0 Å². The Bertz CT molecular complexity index is 391. The van der Waals surface area contributed by atoms with E-state index in [0.717, 1.165) is 24.3 Å². The summed E-state index contributed by atoms with van der Waals surface area (Å²) >= 11 is 0. The molecule has 0 unspecified atom stereocenters. The molecular weight excluding hydrogens is 230 g/mol. The quantitative estimate of drug-likeness (QED) is 0.695. The Morgan fingerprint density at radius 3 is 2.83 bits per heavy atom. The lowest BCUT2D eigenvalue weighted by Crippen LogP contribution is -2.20. The smallest absolute Gasteiger partial charge is 0.304 e. The van der Waals surface area contributed by atoms with Gasteiger partial charge >= 0.3 is 5.97 Å². The lowest BCUT2D eigenvalue weighted by molar-refractivity contribution is -0.136. The fourth-order valence-electron chi connectivity index (χ4n) is 1.56. The second kappa shape index (κ2) is 7.71. The van der Waals surface area contributed by atoms with Gasteiger partial charge in [-0.3, -0.25) is 4.79 Å². The third-order valence-corrected chi connectivity index (χ3v) is 2.61. The van der Waals surface area contributed by atoms with Crippen LogP contribution in [-0.4, -0.2) is 30.8 Å². The number of rotatable bonds is 8. The molecule has 4 nitrogen and oxygen atoms in total. The summed E-state index contributed by atoms with van der Waals surface area (Å²) in [4.78, 5) is 10.3. The first-order chi connectivity index (χ1) is 8.59. The minimum atomic E-state index is -0.769. The van der Waals surface area contributed by atoms with Crippen molar-refractivity contribution in [2.45, 2.75) is 26.7 Å². The van der Waals surface area contributed by atoms with E-state index in [-0.39, 0.29) is 6.42 Å². The van der Waals surface area contributed by atoms with Gasteiger partial charge in [0.05, 0.1) is 13.0 Å². The van der Waals surface area contributed by atoms with Crippen molar-refractivity contribution < 1.29 is 14.6 Å². The summed E-state index contributed by atoms with van der Waals surface area (Å²) in [6.07, 6.45) is 1.03. The molecule has 1 aromatic rings. The highest BCUT2D eigenvalue weighted by Crippen LogP contribution is 2.18. The molecule has 2 N–H and O–H groups in total. The van der Waals surface area contributed by atoms with Crippen molar-refractivity contribution in [1.82, 2.24) is 5.32 Å². The second-order valence-electron chi connectivity index (χ2n) is 4.36. The molecule has 1 rings (SSSR count). The number of carboxylic acid groups (broad SMARTS) is 1. The molecule has 0 atom stereocenters. The van der Waals surface area contributed by atoms with E-state index >= 15 is 0 Å². The molecule has 0 aliphatic carbocycles. The average Bonchev–Trinajstić information content (AvgIpc) is 2.32. The van der Waals surface area contributed by atoms with E-state index in [4.69, 9.17) is 9.84 Å². The Labute approximate surface area is 108 Å². The van der Waals surface area contributed by atoms with Crippen LogP contribution in [-0.2, 0) is 4.79 Å². The number of benzene rings is 1. The van der Waals surface area contributed by atoms with Crippen LogP contribution in [0.15, 0.2) is 18.2 Å². The van der Waals surface area contributed by atoms with Gasteiger partial charge in [0, 0.05) is 6.54 Å². The van der Waals surface area contributed by atoms with Gasteiger partial charge < -0.3 is 15.2 Å². The summed E-state index contributed by atoms with van der Waals surface area (Å²) in [5.41, 5.74) is 2.33. The zero-order valence-electron chi connectivity index (χ0n) is 11.0. The summed E-state index contributed by atoms with van der Waals surface area (Å²) < 4.78 is 5.69. The summed E-state index contributed by atoms with van der Waals surface area (Å²) in [5, 5.41) is 11.5. The van der Waals surface area contributed by atoms with Crippen molar-refractivity contribution in [3.8, 4) is 5.75 Å². The lowest BCUT2D eigenvalue weighted by Gasteiger charge is -2.10. The zero-order chi connectivity index (χ0) is 13.4. The van der Waals surface area contributed by atoms with E-state index in [1.807, 2.05) is 19.9 Å². The van der Waals surface area contributed by atoms with Crippen molar-refractivity contribution in [1.29, 1.82) is 0 Å². The van der Waals surface area contributed by atoms with Crippen LogP contribution in [0, 0.1) is 13.8 Å². The van der Waals surface area contributed by atoms with Gasteiger partial charge in [0.25, 0.3) is 0 Å². The molecule has 0 bridgehead atoms. The number of carbonyl (C=O) groups is 1. The molecule has 0 aromatic heterocycles. The standard InChI is InChI=1S/C14H21NO3/c1-11-4-5-12(2)13(10-11)18-9-3-7-15-8-6-14(16)17/h4-5,10,15H,3,6-9H2,1-2H3,(H,16,17). The number of carboxylic acids is 1. The molecule has 0 saturated carbocycles. The van der Waals surface area contributed by atoms with Gasteiger partial charge in [0.2, 0.25) is 0 Å². The molecule has 4 heteroatoms. The van der Waals surface area contributed by atoms with Crippen molar-refractivity contribution in [2.24, 2.45) is 0 Å². The Kier molecular flexibility index (Phi) is 6.22. The molecule has 0 heterocycles. The van der Waals surface area contributed by atoms with Crippen molar-refractivity contribution in [2.75, 3.05) is 19.7 Å². The molecule has 0 spiro atoms. The number of hydrogen-bond donors (Lipinski definition) is 2. The fourth-order valence-corrected chi connectivity index (χ4v) is 1.56. The minimum absolute atomic E-state index is 0.165. The van der Waals surface area contributed by atoms with Crippen LogP contribution in [0.3, 0.4) is 0 Å². The van der Waals surface area contributed by atoms with Gasteiger partial charge in [-0.2, -0.15) is 0 Å². The van der Waals surface area contributed by atoms with E-state index in [1.165, 1.54) is 5.56 Å². The molecule has 0 radical (unpaired) electrons. The first-order valence-electron chi connectivity index (χ1n) is 6.22. The predicted molar refractivity (Wildman–Crippen MR) is 71.2 cm³/mol. The van der Waals surface area contributed by atoms with E-state index < -0.39 is 5.97 Å². The van der Waals surface area contributed by atoms with E-state index in [0.29, 0.717) is 13.2 Å². The van der Waals surface area contributed by atoms with Crippen LogP contribution in [0.1, 0.15) is 24.0 Å². The lowest BCUT2D eigenvalue weighted by atomic mass is 10.1. The predicted octanol–water partition coefficient (Wildman–Crippen LogP) is 2.14. The maximum absolute atomic E-state index is 10.3. The molecule has 18 heavy (non-hydrogen) atoms. The highest BCUT2D eigenvalue weighted by Gasteiger charge is 1.99. The van der Waals surface area contributed by atoms with Crippen molar-refractivity contribution >= 4 is 5.97 Å². The molecule has 1 aromatic carbocycles. The molecule has 0 saturated heterocycles. The first-order valence-corrected chi connectivity index (χ1v) is 6.22. The average molecular weight is 251 g/mol. The Morgan fingerprint density at radius 2 is 2.11 bits per heavy atom. The van der Waals surface area contributed by atoms with Crippen LogP contribution in [0.25, 0.3) is 0 Å². The van der Waals surface area contributed by atoms with Crippen LogP contribution >= 0.6 is 0 Å². The molecule has 0 amide bonds. The van der Waals surface area contributed by atoms with Crippen LogP contribution in [0.5, 0.6) is 5.75 Å². The van der Waals surface area contributed by atoms with E-state index in [2.05, 4.69) is 17.4 Å². The monoisotopic (exact) mass is 251 g/mol. The third kappa shape index (κ3) is 5.68. The van der Waals surface area contributed by atoms with Gasteiger partial charge in [-0.05, 0) is 44.0 Å². The maximum atomic E-state index is 10.3. The number of aliphatic carboxylic acids is 1. The molecule has 0 aliphatic rings. The summed E-state index contributed by atoms with van der Waals surface area (Å²) in [6.45, 7) is 6.00. The minimum Gasteiger partial charge on any atom is -0.493 e. The molecule has 0 aliphatic heterocycles. The highest BCUT2D eigenvalue weighted by molar-refractivity contribution is 5.66.